The van der Waals surface area contributed by atoms with Crippen LogP contribution < -0.4 is 0 Å². The topological polar surface area (TPSA) is 72.9 Å². The molecule has 1 heterocycles. The van der Waals surface area contributed by atoms with Gasteiger partial charge in [0, 0.05) is 19.7 Å². The van der Waals surface area contributed by atoms with Crippen LogP contribution in [0.1, 0.15) is 45.4 Å². The molecule has 0 aromatic heterocycles. The number of unbranched alkanes of at least 4 members (excludes halogenated alkanes) is 2. The summed E-state index contributed by atoms with van der Waals surface area (Å²) in [6, 6.07) is 3.43. The Morgan fingerprint density at radius 1 is 1.21 bits per heavy atom. The number of ether oxygens (including phenoxy) is 2. The molecular formula is C20H29ClFNO5S. The molecule has 1 aliphatic rings. The first-order valence-electron chi connectivity index (χ1n) is 10.0. The molecule has 0 radical (unpaired) electrons. The highest BCUT2D eigenvalue weighted by molar-refractivity contribution is 7.91. The number of carbonyl (C=O) groups is 1. The van der Waals surface area contributed by atoms with E-state index in [1.54, 1.807) is 4.90 Å². The van der Waals surface area contributed by atoms with Crippen LogP contribution in [0, 0.1) is 5.82 Å². The molecule has 9 heteroatoms. The van der Waals surface area contributed by atoms with Crippen LogP contribution in [0.25, 0.3) is 0 Å². The summed E-state index contributed by atoms with van der Waals surface area (Å²) < 4.78 is 48.8. The van der Waals surface area contributed by atoms with E-state index < -0.39 is 15.7 Å². The highest BCUT2D eigenvalue weighted by Crippen LogP contribution is 2.21. The van der Waals surface area contributed by atoms with Crippen LogP contribution in [0.15, 0.2) is 23.1 Å². The van der Waals surface area contributed by atoms with E-state index in [4.69, 9.17) is 21.1 Å². The first kappa shape index (κ1) is 23.9. The van der Waals surface area contributed by atoms with Crippen LogP contribution in [0.4, 0.5) is 9.18 Å². The summed E-state index contributed by atoms with van der Waals surface area (Å²) in [7, 11) is -3.50. The van der Waals surface area contributed by atoms with Gasteiger partial charge in [-0.3, -0.25) is 0 Å². The number of amides is 1. The number of halogens is 2. The average Bonchev–Trinajstić information content (AvgIpc) is 2.70. The summed E-state index contributed by atoms with van der Waals surface area (Å²) in [6.45, 7) is 4.18. The van der Waals surface area contributed by atoms with Crippen LogP contribution in [-0.2, 0) is 19.3 Å². The van der Waals surface area contributed by atoms with Crippen molar-refractivity contribution < 1.29 is 27.1 Å². The maximum Gasteiger partial charge on any atom is 0.409 e. The minimum atomic E-state index is -3.50. The molecule has 1 saturated heterocycles. The smallest absolute Gasteiger partial charge is 0.409 e. The lowest BCUT2D eigenvalue weighted by molar-refractivity contribution is 0.00475. The molecule has 0 spiro atoms. The van der Waals surface area contributed by atoms with Crippen LogP contribution >= 0.6 is 11.6 Å². The maximum atomic E-state index is 13.2. The third kappa shape index (κ3) is 7.75. The summed E-state index contributed by atoms with van der Waals surface area (Å²) >= 11 is 5.66. The monoisotopic (exact) mass is 449 g/mol. The standard InChI is InChI=1S/C20H29ClFNO5S/c1-2-3-12-28-20(24)23-10-8-16(9-11-23)27-13-4-5-14-29(25,26)17-6-7-19(22)18(21)15-17/h6-7,15-16H,2-5,8-14H2,1H3. The Labute approximate surface area is 177 Å². The van der Waals surface area contributed by atoms with Gasteiger partial charge >= 0.3 is 6.09 Å². The molecule has 1 aliphatic heterocycles. The van der Waals surface area contributed by atoms with E-state index in [2.05, 4.69) is 0 Å². The molecule has 0 unspecified atom stereocenters. The molecule has 0 N–H and O–H groups in total. The number of piperidine rings is 1. The van der Waals surface area contributed by atoms with Crippen molar-refractivity contribution in [1.82, 2.24) is 4.90 Å². The van der Waals surface area contributed by atoms with E-state index in [-0.39, 0.29) is 27.9 Å². The number of likely N-dealkylation sites (tertiary alicyclic amines) is 1. The van der Waals surface area contributed by atoms with Gasteiger partial charge < -0.3 is 14.4 Å². The van der Waals surface area contributed by atoms with E-state index >= 15 is 0 Å². The zero-order valence-electron chi connectivity index (χ0n) is 16.7. The Balaban J connectivity index is 1.62. The van der Waals surface area contributed by atoms with Gasteiger partial charge in [-0.1, -0.05) is 24.9 Å². The van der Waals surface area contributed by atoms with E-state index in [1.807, 2.05) is 6.92 Å². The second-order valence-corrected chi connectivity index (χ2v) is 9.64. The lowest BCUT2D eigenvalue weighted by atomic mass is 10.1. The SMILES string of the molecule is CCCCOC(=O)N1CCC(OCCCCS(=O)(=O)c2ccc(F)c(Cl)c2)CC1. The summed E-state index contributed by atoms with van der Waals surface area (Å²) in [5.41, 5.74) is 0. The highest BCUT2D eigenvalue weighted by atomic mass is 35.5. The first-order chi connectivity index (χ1) is 13.8. The Bertz CT molecular complexity index is 766. The molecule has 29 heavy (non-hydrogen) atoms. The molecular weight excluding hydrogens is 421 g/mol. The van der Waals surface area contributed by atoms with Gasteiger partial charge in [0.25, 0.3) is 0 Å². The molecule has 1 aromatic carbocycles. The number of benzene rings is 1. The van der Waals surface area contributed by atoms with Crippen LogP contribution in [0.2, 0.25) is 5.02 Å². The number of sulfone groups is 1. The number of hydrogen-bond donors (Lipinski definition) is 0. The zero-order chi connectivity index (χ0) is 21.3. The molecule has 6 nitrogen and oxygen atoms in total. The Hall–Kier alpha value is -1.38. The molecule has 2 rings (SSSR count). The molecule has 0 bridgehead atoms. The van der Waals surface area contributed by atoms with Gasteiger partial charge in [0.15, 0.2) is 9.84 Å². The molecule has 0 saturated carbocycles. The van der Waals surface area contributed by atoms with Gasteiger partial charge in [-0.05, 0) is 50.3 Å². The van der Waals surface area contributed by atoms with Gasteiger partial charge in [-0.2, -0.15) is 0 Å². The minimum Gasteiger partial charge on any atom is -0.449 e. The third-order valence-electron chi connectivity index (χ3n) is 4.83. The highest BCUT2D eigenvalue weighted by Gasteiger charge is 2.24. The van der Waals surface area contributed by atoms with Crippen molar-refractivity contribution >= 4 is 27.5 Å². The number of rotatable bonds is 10. The Morgan fingerprint density at radius 3 is 2.59 bits per heavy atom. The number of hydrogen-bond acceptors (Lipinski definition) is 5. The molecule has 164 valence electrons. The van der Waals surface area contributed by atoms with Gasteiger partial charge in [-0.15, -0.1) is 0 Å². The summed E-state index contributed by atoms with van der Waals surface area (Å²) in [4.78, 5) is 13.6. The van der Waals surface area contributed by atoms with Gasteiger partial charge in [-0.25, -0.2) is 17.6 Å². The fourth-order valence-corrected chi connectivity index (χ4v) is 4.67. The predicted molar refractivity (Wildman–Crippen MR) is 109 cm³/mol. The molecule has 0 aliphatic carbocycles. The van der Waals surface area contributed by atoms with E-state index in [0.717, 1.165) is 37.8 Å². The Morgan fingerprint density at radius 2 is 1.93 bits per heavy atom. The summed E-state index contributed by atoms with van der Waals surface area (Å²) in [5, 5.41) is -0.199. The lowest BCUT2D eigenvalue weighted by Crippen LogP contribution is -2.41. The second kappa shape index (κ2) is 11.7. The van der Waals surface area contributed by atoms with E-state index in [0.29, 0.717) is 39.1 Å². The molecule has 1 aromatic rings. The second-order valence-electron chi connectivity index (χ2n) is 7.13. The van der Waals surface area contributed by atoms with E-state index in [9.17, 15) is 17.6 Å². The normalized spacial score (nSPS) is 15.5. The van der Waals surface area contributed by atoms with Gasteiger partial charge in [0.05, 0.1) is 28.4 Å². The quantitative estimate of drug-likeness (QED) is 0.389. The largest absolute Gasteiger partial charge is 0.449 e. The average molecular weight is 450 g/mol. The van der Waals surface area contributed by atoms with Crippen LogP contribution in [-0.4, -0.2) is 57.6 Å². The van der Waals surface area contributed by atoms with Crippen molar-refractivity contribution in [2.24, 2.45) is 0 Å². The first-order valence-corrected chi connectivity index (χ1v) is 12.1. The minimum absolute atomic E-state index is 0.0306. The van der Waals surface area contributed by atoms with Crippen LogP contribution in [0.5, 0.6) is 0 Å². The predicted octanol–water partition coefficient (Wildman–Crippen LogP) is 4.45. The van der Waals surface area contributed by atoms with Crippen molar-refractivity contribution in [3.63, 3.8) is 0 Å². The van der Waals surface area contributed by atoms with Crippen molar-refractivity contribution in [2.75, 3.05) is 32.1 Å². The number of nitrogens with zero attached hydrogens (tertiary/aromatic N) is 1. The van der Waals surface area contributed by atoms with Gasteiger partial charge in [0.2, 0.25) is 0 Å². The third-order valence-corrected chi connectivity index (χ3v) is 6.92. The zero-order valence-corrected chi connectivity index (χ0v) is 18.3. The number of carbonyl (C=O) groups excluding carboxylic acids is 1. The lowest BCUT2D eigenvalue weighted by Gasteiger charge is -2.31. The van der Waals surface area contributed by atoms with Crippen molar-refractivity contribution in [2.45, 2.75) is 56.4 Å². The fraction of sp³-hybridized carbons (Fsp3) is 0.650. The maximum absolute atomic E-state index is 13.2. The Kier molecular flexibility index (Phi) is 9.65. The summed E-state index contributed by atoms with van der Waals surface area (Å²) in [5.74, 6) is -0.681. The van der Waals surface area contributed by atoms with Crippen molar-refractivity contribution in [1.29, 1.82) is 0 Å². The fourth-order valence-electron chi connectivity index (χ4n) is 3.03. The summed E-state index contributed by atoms with van der Waals surface area (Å²) in [6.07, 6.45) is 4.21. The van der Waals surface area contributed by atoms with Crippen LogP contribution in [0.3, 0.4) is 0 Å². The molecule has 1 amide bonds. The van der Waals surface area contributed by atoms with Crippen molar-refractivity contribution in [3.05, 3.63) is 29.0 Å². The molecule has 1 fully saturated rings. The van der Waals surface area contributed by atoms with Gasteiger partial charge in [0.1, 0.15) is 5.82 Å². The van der Waals surface area contributed by atoms with E-state index in [1.165, 1.54) is 6.07 Å². The van der Waals surface area contributed by atoms with Crippen molar-refractivity contribution in [3.8, 4) is 0 Å². The molecule has 0 atom stereocenters.